The first-order chi connectivity index (χ1) is 10.8. The monoisotopic (exact) mass is 317 g/mol. The molecule has 6 nitrogen and oxygen atoms in total. The smallest absolute Gasteiger partial charge is 0.221 e. The van der Waals surface area contributed by atoms with Gasteiger partial charge in [0, 0.05) is 61.2 Å². The van der Waals surface area contributed by atoms with E-state index in [4.69, 9.17) is 0 Å². The molecule has 2 aromatic rings. The van der Waals surface area contributed by atoms with Gasteiger partial charge in [-0.25, -0.2) is 9.67 Å². The van der Waals surface area contributed by atoms with E-state index in [2.05, 4.69) is 20.7 Å². The first kappa shape index (κ1) is 15.1. The number of aromatic nitrogens is 3. The minimum Gasteiger partial charge on any atom is -0.352 e. The standard InChI is InChI=1S/C15H19N5OS/c21-14(9-13-11-22-8-6-16-13)18-10-12-3-1-4-17-15(12)20-7-2-5-19-20/h1-5,7,13,16H,6,8-11H2,(H,18,21). The Morgan fingerprint density at radius 2 is 2.41 bits per heavy atom. The summed E-state index contributed by atoms with van der Waals surface area (Å²) in [6.45, 7) is 1.44. The van der Waals surface area contributed by atoms with Gasteiger partial charge >= 0.3 is 0 Å². The van der Waals surface area contributed by atoms with Crippen LogP contribution < -0.4 is 10.6 Å². The van der Waals surface area contributed by atoms with Crippen molar-refractivity contribution in [3.05, 3.63) is 42.4 Å². The van der Waals surface area contributed by atoms with Gasteiger partial charge in [-0.2, -0.15) is 16.9 Å². The molecule has 3 heterocycles. The van der Waals surface area contributed by atoms with Crippen LogP contribution in [0.3, 0.4) is 0 Å². The zero-order valence-corrected chi connectivity index (χ0v) is 13.1. The number of hydrogen-bond donors (Lipinski definition) is 2. The molecule has 0 aromatic carbocycles. The van der Waals surface area contributed by atoms with Crippen LogP contribution in [0, 0.1) is 0 Å². The van der Waals surface area contributed by atoms with Gasteiger partial charge in [0.2, 0.25) is 5.91 Å². The molecule has 2 aromatic heterocycles. The molecule has 1 aliphatic rings. The fourth-order valence-electron chi connectivity index (χ4n) is 2.41. The number of carbonyl (C=O) groups excluding carboxylic acids is 1. The van der Waals surface area contributed by atoms with Gasteiger partial charge in [0.25, 0.3) is 0 Å². The fraction of sp³-hybridized carbons (Fsp3) is 0.400. The second kappa shape index (κ2) is 7.42. The molecule has 1 saturated heterocycles. The Hall–Kier alpha value is -1.86. The second-order valence-electron chi connectivity index (χ2n) is 5.14. The Kier molecular flexibility index (Phi) is 5.07. The zero-order valence-electron chi connectivity index (χ0n) is 12.2. The normalized spacial score (nSPS) is 18.1. The van der Waals surface area contributed by atoms with Gasteiger partial charge in [0.15, 0.2) is 5.82 Å². The van der Waals surface area contributed by atoms with Crippen LogP contribution in [0.2, 0.25) is 0 Å². The van der Waals surface area contributed by atoms with E-state index in [1.165, 1.54) is 0 Å². The highest BCUT2D eigenvalue weighted by molar-refractivity contribution is 7.99. The Morgan fingerprint density at radius 3 is 3.18 bits per heavy atom. The van der Waals surface area contributed by atoms with Crippen molar-refractivity contribution in [3.8, 4) is 5.82 Å². The lowest BCUT2D eigenvalue weighted by Gasteiger charge is -2.22. The van der Waals surface area contributed by atoms with Crippen molar-refractivity contribution < 1.29 is 4.79 Å². The number of amides is 1. The van der Waals surface area contributed by atoms with Crippen LogP contribution in [0.15, 0.2) is 36.8 Å². The van der Waals surface area contributed by atoms with Gasteiger partial charge in [0.05, 0.1) is 0 Å². The highest BCUT2D eigenvalue weighted by atomic mass is 32.2. The van der Waals surface area contributed by atoms with Crippen molar-refractivity contribution in [2.24, 2.45) is 0 Å². The van der Waals surface area contributed by atoms with Gasteiger partial charge in [-0.05, 0) is 12.1 Å². The van der Waals surface area contributed by atoms with Crippen molar-refractivity contribution in [3.63, 3.8) is 0 Å². The van der Waals surface area contributed by atoms with Crippen molar-refractivity contribution in [2.75, 3.05) is 18.1 Å². The molecule has 0 saturated carbocycles. The van der Waals surface area contributed by atoms with Crippen LogP contribution in [-0.2, 0) is 11.3 Å². The molecule has 0 bridgehead atoms. The summed E-state index contributed by atoms with van der Waals surface area (Å²) in [4.78, 5) is 16.4. The summed E-state index contributed by atoms with van der Waals surface area (Å²) < 4.78 is 1.71. The molecule has 7 heteroatoms. The van der Waals surface area contributed by atoms with E-state index < -0.39 is 0 Å². The summed E-state index contributed by atoms with van der Waals surface area (Å²) in [5.74, 6) is 2.94. The Balaban J connectivity index is 1.58. The molecule has 1 aliphatic heterocycles. The molecule has 1 amide bonds. The molecule has 22 heavy (non-hydrogen) atoms. The quantitative estimate of drug-likeness (QED) is 0.860. The van der Waals surface area contributed by atoms with Gasteiger partial charge in [-0.1, -0.05) is 6.07 Å². The number of carbonyl (C=O) groups is 1. The summed E-state index contributed by atoms with van der Waals surface area (Å²) in [7, 11) is 0. The summed E-state index contributed by atoms with van der Waals surface area (Å²) in [6.07, 6.45) is 5.80. The molecule has 116 valence electrons. The molecule has 1 fully saturated rings. The van der Waals surface area contributed by atoms with Crippen LogP contribution in [-0.4, -0.2) is 44.8 Å². The molecule has 2 N–H and O–H groups in total. The van der Waals surface area contributed by atoms with Crippen molar-refractivity contribution >= 4 is 17.7 Å². The van der Waals surface area contributed by atoms with Crippen LogP contribution in [0.1, 0.15) is 12.0 Å². The lowest BCUT2D eigenvalue weighted by atomic mass is 10.2. The van der Waals surface area contributed by atoms with E-state index in [1.807, 2.05) is 36.2 Å². The maximum absolute atomic E-state index is 12.1. The van der Waals surface area contributed by atoms with Crippen LogP contribution >= 0.6 is 11.8 Å². The molecular weight excluding hydrogens is 298 g/mol. The van der Waals surface area contributed by atoms with Crippen LogP contribution in [0.25, 0.3) is 5.82 Å². The third kappa shape index (κ3) is 3.86. The van der Waals surface area contributed by atoms with E-state index >= 15 is 0 Å². The van der Waals surface area contributed by atoms with E-state index in [0.29, 0.717) is 13.0 Å². The lowest BCUT2D eigenvalue weighted by molar-refractivity contribution is -0.121. The number of hydrogen-bond acceptors (Lipinski definition) is 5. The highest BCUT2D eigenvalue weighted by Crippen LogP contribution is 2.12. The fourth-order valence-corrected chi connectivity index (χ4v) is 3.36. The summed E-state index contributed by atoms with van der Waals surface area (Å²) in [5, 5.41) is 10.5. The number of nitrogens with zero attached hydrogens (tertiary/aromatic N) is 3. The number of pyridine rings is 1. The molecule has 1 atom stereocenters. The maximum atomic E-state index is 12.1. The molecule has 3 rings (SSSR count). The number of nitrogens with one attached hydrogen (secondary N) is 2. The Morgan fingerprint density at radius 1 is 1.45 bits per heavy atom. The second-order valence-corrected chi connectivity index (χ2v) is 6.29. The predicted octanol–water partition coefficient (Wildman–Crippen LogP) is 0.979. The van der Waals surface area contributed by atoms with Crippen molar-refractivity contribution in [2.45, 2.75) is 19.0 Å². The summed E-state index contributed by atoms with van der Waals surface area (Å²) in [5.41, 5.74) is 0.950. The molecular formula is C15H19N5OS. The minimum atomic E-state index is 0.0651. The SMILES string of the molecule is O=C(CC1CSCCN1)NCc1cccnc1-n1cccn1. The summed E-state index contributed by atoms with van der Waals surface area (Å²) >= 11 is 1.90. The third-order valence-electron chi connectivity index (χ3n) is 3.50. The summed E-state index contributed by atoms with van der Waals surface area (Å²) in [6, 6.07) is 5.95. The van der Waals surface area contributed by atoms with Crippen molar-refractivity contribution in [1.29, 1.82) is 0 Å². The largest absolute Gasteiger partial charge is 0.352 e. The molecule has 0 aliphatic carbocycles. The van der Waals surface area contributed by atoms with Gasteiger partial charge < -0.3 is 10.6 Å². The lowest BCUT2D eigenvalue weighted by Crippen LogP contribution is -2.41. The average molecular weight is 317 g/mol. The van der Waals surface area contributed by atoms with Crippen LogP contribution in [0.5, 0.6) is 0 Å². The first-order valence-corrected chi connectivity index (χ1v) is 8.50. The zero-order chi connectivity index (χ0) is 15.2. The van der Waals surface area contributed by atoms with Crippen molar-refractivity contribution in [1.82, 2.24) is 25.4 Å². The van der Waals surface area contributed by atoms with Gasteiger partial charge in [0.1, 0.15) is 0 Å². The highest BCUT2D eigenvalue weighted by Gasteiger charge is 2.16. The number of thioether (sulfide) groups is 1. The van der Waals surface area contributed by atoms with Crippen LogP contribution in [0.4, 0.5) is 0 Å². The molecule has 0 spiro atoms. The predicted molar refractivity (Wildman–Crippen MR) is 86.9 cm³/mol. The molecule has 0 radical (unpaired) electrons. The van der Waals surface area contributed by atoms with E-state index in [-0.39, 0.29) is 11.9 Å². The van der Waals surface area contributed by atoms with E-state index in [0.717, 1.165) is 29.4 Å². The van der Waals surface area contributed by atoms with Gasteiger partial charge in [-0.3, -0.25) is 4.79 Å². The third-order valence-corrected chi connectivity index (χ3v) is 4.63. The van der Waals surface area contributed by atoms with Gasteiger partial charge in [-0.15, -0.1) is 0 Å². The first-order valence-electron chi connectivity index (χ1n) is 7.34. The Labute approximate surface area is 133 Å². The average Bonchev–Trinajstić information content (AvgIpc) is 3.08. The van der Waals surface area contributed by atoms with E-state index in [9.17, 15) is 4.79 Å². The maximum Gasteiger partial charge on any atom is 0.221 e. The number of rotatable bonds is 5. The minimum absolute atomic E-state index is 0.0651. The Bertz CT molecular complexity index is 610. The topological polar surface area (TPSA) is 71.8 Å². The van der Waals surface area contributed by atoms with E-state index in [1.54, 1.807) is 17.1 Å². The molecule has 1 unspecified atom stereocenters.